The summed E-state index contributed by atoms with van der Waals surface area (Å²) in [6.45, 7) is 0.425. The molecular weight excluding hydrogens is 280 g/mol. The largest absolute Gasteiger partial charge is 0.508 e. The molecule has 6 nitrogen and oxygen atoms in total. The molecule has 7 heteroatoms. The zero-order valence-corrected chi connectivity index (χ0v) is 11.8. The van der Waals surface area contributed by atoms with Gasteiger partial charge >= 0.3 is 0 Å². The SMILES string of the molecule is NC(Cc1ccc(O)cc1)C(=O)N1CCS(=O)(=O)CC1. The Kier molecular flexibility index (Phi) is 4.29. The molecule has 1 aliphatic rings. The van der Waals surface area contributed by atoms with Gasteiger partial charge in [0.2, 0.25) is 5.91 Å². The number of amides is 1. The Morgan fingerprint density at radius 1 is 1.25 bits per heavy atom. The third-order valence-electron chi connectivity index (χ3n) is 3.37. The van der Waals surface area contributed by atoms with E-state index in [1.807, 2.05) is 0 Å². The molecule has 0 saturated carbocycles. The molecule has 1 aliphatic heterocycles. The molecule has 0 aliphatic carbocycles. The number of carbonyl (C=O) groups excluding carboxylic acids is 1. The average Bonchev–Trinajstić information content (AvgIpc) is 2.40. The van der Waals surface area contributed by atoms with Crippen molar-refractivity contribution in [3.63, 3.8) is 0 Å². The van der Waals surface area contributed by atoms with E-state index >= 15 is 0 Å². The lowest BCUT2D eigenvalue weighted by molar-refractivity contribution is -0.132. The molecule has 1 fully saturated rings. The van der Waals surface area contributed by atoms with E-state index in [1.54, 1.807) is 24.3 Å². The molecule has 1 heterocycles. The zero-order valence-electron chi connectivity index (χ0n) is 11.0. The van der Waals surface area contributed by atoms with Gasteiger partial charge in [-0.05, 0) is 24.1 Å². The number of rotatable bonds is 3. The van der Waals surface area contributed by atoms with Gasteiger partial charge in [-0.3, -0.25) is 4.79 Å². The number of hydrogen-bond donors (Lipinski definition) is 2. The molecule has 1 saturated heterocycles. The molecule has 0 spiro atoms. The maximum Gasteiger partial charge on any atom is 0.239 e. The van der Waals surface area contributed by atoms with Crippen molar-refractivity contribution in [3.8, 4) is 5.75 Å². The van der Waals surface area contributed by atoms with E-state index in [0.29, 0.717) is 6.42 Å². The van der Waals surface area contributed by atoms with Crippen LogP contribution in [0.5, 0.6) is 5.75 Å². The lowest BCUT2D eigenvalue weighted by atomic mass is 10.1. The van der Waals surface area contributed by atoms with Crippen LogP contribution in [0.3, 0.4) is 0 Å². The van der Waals surface area contributed by atoms with E-state index in [9.17, 15) is 18.3 Å². The van der Waals surface area contributed by atoms with Crippen LogP contribution in [0.25, 0.3) is 0 Å². The summed E-state index contributed by atoms with van der Waals surface area (Å²) < 4.78 is 22.6. The molecule has 0 radical (unpaired) electrons. The van der Waals surface area contributed by atoms with Crippen LogP contribution in [0.4, 0.5) is 0 Å². The molecule has 0 aromatic heterocycles. The van der Waals surface area contributed by atoms with Crippen molar-refractivity contribution in [1.29, 1.82) is 0 Å². The van der Waals surface area contributed by atoms with Crippen molar-refractivity contribution >= 4 is 15.7 Å². The van der Waals surface area contributed by atoms with E-state index in [2.05, 4.69) is 0 Å². The van der Waals surface area contributed by atoms with Gasteiger partial charge in [-0.2, -0.15) is 0 Å². The predicted molar refractivity (Wildman–Crippen MR) is 75.0 cm³/mol. The Labute approximate surface area is 118 Å². The van der Waals surface area contributed by atoms with Gasteiger partial charge in [0.1, 0.15) is 5.75 Å². The summed E-state index contributed by atoms with van der Waals surface area (Å²) in [6.07, 6.45) is 0.363. The lowest BCUT2D eigenvalue weighted by Gasteiger charge is -2.29. The van der Waals surface area contributed by atoms with E-state index in [4.69, 9.17) is 5.73 Å². The normalized spacial score (nSPS) is 19.6. The third kappa shape index (κ3) is 3.71. The second-order valence-electron chi connectivity index (χ2n) is 4.95. The lowest BCUT2D eigenvalue weighted by Crippen LogP contribution is -2.50. The monoisotopic (exact) mass is 298 g/mol. The first-order valence-electron chi connectivity index (χ1n) is 6.40. The summed E-state index contributed by atoms with van der Waals surface area (Å²) >= 11 is 0. The van der Waals surface area contributed by atoms with Gasteiger partial charge in [0, 0.05) is 13.1 Å². The Bertz CT molecular complexity index is 569. The van der Waals surface area contributed by atoms with Crippen LogP contribution >= 0.6 is 0 Å². The molecule has 2 rings (SSSR count). The minimum absolute atomic E-state index is 0.00463. The molecule has 3 N–H and O–H groups in total. The van der Waals surface area contributed by atoms with Crippen molar-refractivity contribution in [2.45, 2.75) is 12.5 Å². The van der Waals surface area contributed by atoms with Crippen LogP contribution in [0.2, 0.25) is 0 Å². The maximum atomic E-state index is 12.1. The highest BCUT2D eigenvalue weighted by molar-refractivity contribution is 7.91. The van der Waals surface area contributed by atoms with Gasteiger partial charge < -0.3 is 15.7 Å². The Morgan fingerprint density at radius 2 is 1.80 bits per heavy atom. The quantitative estimate of drug-likeness (QED) is 0.785. The van der Waals surface area contributed by atoms with E-state index in [-0.39, 0.29) is 36.3 Å². The smallest absolute Gasteiger partial charge is 0.239 e. The minimum Gasteiger partial charge on any atom is -0.508 e. The highest BCUT2D eigenvalue weighted by Crippen LogP contribution is 2.12. The molecule has 110 valence electrons. The number of nitrogens with two attached hydrogens (primary N) is 1. The summed E-state index contributed by atoms with van der Waals surface area (Å²) in [5, 5.41) is 9.19. The predicted octanol–water partition coefficient (Wildman–Crippen LogP) is -0.481. The van der Waals surface area contributed by atoms with E-state index in [0.717, 1.165) is 5.56 Å². The first-order valence-corrected chi connectivity index (χ1v) is 8.22. The number of nitrogens with zero attached hydrogens (tertiary/aromatic N) is 1. The van der Waals surface area contributed by atoms with Gasteiger partial charge in [0.25, 0.3) is 0 Å². The van der Waals surface area contributed by atoms with Gasteiger partial charge in [0.05, 0.1) is 17.5 Å². The number of hydrogen-bond acceptors (Lipinski definition) is 5. The van der Waals surface area contributed by atoms with E-state index < -0.39 is 15.9 Å². The van der Waals surface area contributed by atoms with Crippen LogP contribution in [-0.2, 0) is 21.1 Å². The van der Waals surface area contributed by atoms with Crippen LogP contribution in [0, 0.1) is 0 Å². The van der Waals surface area contributed by atoms with E-state index in [1.165, 1.54) is 4.90 Å². The van der Waals surface area contributed by atoms with Crippen molar-refractivity contribution in [1.82, 2.24) is 4.90 Å². The molecule has 1 unspecified atom stereocenters. The molecule has 1 aromatic rings. The standard InChI is InChI=1S/C13H18N2O4S/c14-12(9-10-1-3-11(16)4-2-10)13(17)15-5-7-20(18,19)8-6-15/h1-4,12,16H,5-9,14H2. The van der Waals surface area contributed by atoms with Crippen LogP contribution in [0.1, 0.15) is 5.56 Å². The molecular formula is C13H18N2O4S. The number of phenols is 1. The van der Waals surface area contributed by atoms with Crippen LogP contribution < -0.4 is 5.73 Å². The Hall–Kier alpha value is -1.60. The number of phenolic OH excluding ortho intramolecular Hbond substituents is 1. The van der Waals surface area contributed by atoms with Crippen LogP contribution in [-0.4, -0.2) is 55.0 Å². The highest BCUT2D eigenvalue weighted by Gasteiger charge is 2.28. The summed E-state index contributed by atoms with van der Waals surface area (Å²) in [5.41, 5.74) is 6.74. The third-order valence-corrected chi connectivity index (χ3v) is 4.97. The number of sulfone groups is 1. The maximum absolute atomic E-state index is 12.1. The fraction of sp³-hybridized carbons (Fsp3) is 0.462. The second kappa shape index (κ2) is 5.80. The first-order chi connectivity index (χ1) is 9.37. The van der Waals surface area contributed by atoms with Crippen molar-refractivity contribution in [2.24, 2.45) is 5.73 Å². The number of aromatic hydroxyl groups is 1. The zero-order chi connectivity index (χ0) is 14.8. The Morgan fingerprint density at radius 3 is 2.35 bits per heavy atom. The molecule has 1 aromatic carbocycles. The van der Waals surface area contributed by atoms with Gasteiger partial charge in [-0.25, -0.2) is 8.42 Å². The summed E-state index contributed by atoms with van der Waals surface area (Å²) in [7, 11) is -3.00. The summed E-state index contributed by atoms with van der Waals surface area (Å²) in [5.74, 6) is -0.0575. The topological polar surface area (TPSA) is 101 Å². The first kappa shape index (κ1) is 14.8. The average molecular weight is 298 g/mol. The van der Waals surface area contributed by atoms with Crippen molar-refractivity contribution < 1.29 is 18.3 Å². The summed E-state index contributed by atoms with van der Waals surface area (Å²) in [4.78, 5) is 13.6. The molecule has 20 heavy (non-hydrogen) atoms. The number of benzene rings is 1. The van der Waals surface area contributed by atoms with Crippen LogP contribution in [0.15, 0.2) is 24.3 Å². The van der Waals surface area contributed by atoms with Gasteiger partial charge in [-0.1, -0.05) is 12.1 Å². The Balaban J connectivity index is 1.94. The molecule has 0 bridgehead atoms. The summed E-state index contributed by atoms with van der Waals surface area (Å²) in [6, 6.07) is 5.81. The van der Waals surface area contributed by atoms with Gasteiger partial charge in [-0.15, -0.1) is 0 Å². The van der Waals surface area contributed by atoms with Crippen molar-refractivity contribution in [2.75, 3.05) is 24.6 Å². The fourth-order valence-corrected chi connectivity index (χ4v) is 3.34. The highest BCUT2D eigenvalue weighted by atomic mass is 32.2. The molecule has 1 amide bonds. The second-order valence-corrected chi connectivity index (χ2v) is 7.26. The van der Waals surface area contributed by atoms with Gasteiger partial charge in [0.15, 0.2) is 9.84 Å². The number of carbonyl (C=O) groups is 1. The fourth-order valence-electron chi connectivity index (χ4n) is 2.14. The molecule has 1 atom stereocenters. The minimum atomic E-state index is -3.00. The van der Waals surface area contributed by atoms with Crippen molar-refractivity contribution in [3.05, 3.63) is 29.8 Å².